The maximum absolute atomic E-state index is 10.3. The zero-order valence-corrected chi connectivity index (χ0v) is 5.39. The van der Waals surface area contributed by atoms with Crippen LogP contribution in [-0.4, -0.2) is 28.5 Å². The molecule has 0 aromatic heterocycles. The minimum Gasteiger partial charge on any atom is -0.318 e. The predicted octanol–water partition coefficient (Wildman–Crippen LogP) is -1.26. The second-order valence-corrected chi connectivity index (χ2v) is 1.68. The summed E-state index contributed by atoms with van der Waals surface area (Å²) in [5, 5.41) is 15.5. The highest BCUT2D eigenvalue weighted by Gasteiger charge is 2.19. The summed E-state index contributed by atoms with van der Waals surface area (Å²) in [6.07, 6.45) is -0.560. The Morgan fingerprint density at radius 2 is 1.91 bits per heavy atom. The summed E-state index contributed by atoms with van der Waals surface area (Å²) in [5.74, 6) is -2.25. The summed E-state index contributed by atoms with van der Waals surface area (Å²) in [6, 6.07) is -1.33. The molecular weight excluding hydrogens is 158 g/mol. The highest BCUT2D eigenvalue weighted by molar-refractivity contribution is 5.81. The monoisotopic (exact) mass is 165 g/mol. The number of rotatable bonds is 3. The van der Waals surface area contributed by atoms with Gasteiger partial charge in [-0.05, 0) is 0 Å². The van der Waals surface area contributed by atoms with E-state index in [0.717, 1.165) is 0 Å². The summed E-state index contributed by atoms with van der Waals surface area (Å²) in [7, 11) is 0. The predicted molar refractivity (Wildman–Crippen MR) is 30.0 cm³/mol. The molecule has 0 fully saturated rings. The first-order valence-electron chi connectivity index (χ1n) is 2.57. The molecule has 0 amide bonds. The third kappa shape index (κ3) is 3.50. The van der Waals surface area contributed by atoms with Gasteiger partial charge in [0.25, 0.3) is 0 Å². The van der Waals surface area contributed by atoms with Crippen LogP contribution >= 0.6 is 0 Å². The third-order valence-electron chi connectivity index (χ3n) is 0.881. The van der Waals surface area contributed by atoms with Crippen molar-refractivity contribution in [1.82, 2.24) is 0 Å². The van der Waals surface area contributed by atoms with Crippen molar-refractivity contribution in [3.8, 4) is 0 Å². The summed E-state index contributed by atoms with van der Waals surface area (Å²) in [4.78, 5) is 26.9. The Balaban J connectivity index is 3.77. The van der Waals surface area contributed by atoms with Crippen LogP contribution in [0.2, 0.25) is 0 Å². The lowest BCUT2D eigenvalue weighted by Crippen LogP contribution is -2.34. The van der Waals surface area contributed by atoms with Crippen molar-refractivity contribution in [1.29, 1.82) is 0 Å². The first-order valence-corrected chi connectivity index (χ1v) is 2.57. The van der Waals surface area contributed by atoms with Crippen molar-refractivity contribution in [2.24, 2.45) is 5.73 Å². The molecule has 0 aromatic rings. The van der Waals surface area contributed by atoms with Crippen molar-refractivity contribution in [3.63, 3.8) is 0 Å². The summed E-state index contributed by atoms with van der Waals surface area (Å²) < 4.78 is 0. The standard InChI is InChI=1S/C4H7NO6/c5-2(4(7)11-9)1-3(6)10-8/h2,8-9H,1,5H2. The second-order valence-electron chi connectivity index (χ2n) is 1.68. The molecular formula is C4H7NO6. The Labute approximate surface area is 61.2 Å². The summed E-state index contributed by atoms with van der Waals surface area (Å²) in [5.41, 5.74) is 4.96. The molecule has 0 saturated carbocycles. The zero-order chi connectivity index (χ0) is 8.85. The molecule has 0 radical (unpaired) electrons. The maximum atomic E-state index is 10.3. The molecule has 0 heterocycles. The third-order valence-corrected chi connectivity index (χ3v) is 0.881. The van der Waals surface area contributed by atoms with Crippen molar-refractivity contribution >= 4 is 11.9 Å². The van der Waals surface area contributed by atoms with Crippen molar-refractivity contribution < 1.29 is 29.9 Å². The van der Waals surface area contributed by atoms with Crippen molar-refractivity contribution in [3.05, 3.63) is 0 Å². The Morgan fingerprint density at radius 1 is 1.36 bits per heavy atom. The maximum Gasteiger partial charge on any atom is 0.359 e. The van der Waals surface area contributed by atoms with Gasteiger partial charge < -0.3 is 10.6 Å². The van der Waals surface area contributed by atoms with Gasteiger partial charge in [-0.1, -0.05) is 0 Å². The highest BCUT2D eigenvalue weighted by atomic mass is 17.1. The number of nitrogens with two attached hydrogens (primary N) is 1. The number of hydrogen-bond acceptors (Lipinski definition) is 7. The minimum absolute atomic E-state index is 0.560. The van der Waals surface area contributed by atoms with E-state index in [4.69, 9.17) is 16.2 Å². The Hall–Kier alpha value is -1.18. The topological polar surface area (TPSA) is 119 Å². The Morgan fingerprint density at radius 3 is 2.27 bits per heavy atom. The first-order chi connectivity index (χ1) is 5.11. The van der Waals surface area contributed by atoms with Gasteiger partial charge in [-0.25, -0.2) is 9.59 Å². The number of carbonyl (C=O) groups is 2. The van der Waals surface area contributed by atoms with Crippen LogP contribution in [0.15, 0.2) is 0 Å². The zero-order valence-electron chi connectivity index (χ0n) is 5.39. The largest absolute Gasteiger partial charge is 0.359 e. The average Bonchev–Trinajstić information content (AvgIpc) is 2.02. The van der Waals surface area contributed by atoms with Gasteiger partial charge in [0.2, 0.25) is 0 Å². The molecule has 0 bridgehead atoms. The molecule has 64 valence electrons. The quantitative estimate of drug-likeness (QED) is 0.352. The minimum atomic E-state index is -1.33. The van der Waals surface area contributed by atoms with Crippen molar-refractivity contribution in [2.45, 2.75) is 12.5 Å². The number of hydrogen-bond donors (Lipinski definition) is 3. The van der Waals surface area contributed by atoms with E-state index in [0.29, 0.717) is 0 Å². The fourth-order valence-electron chi connectivity index (χ4n) is 0.368. The molecule has 0 aromatic carbocycles. The molecule has 0 aliphatic rings. The lowest BCUT2D eigenvalue weighted by atomic mass is 10.2. The molecule has 7 nitrogen and oxygen atoms in total. The highest BCUT2D eigenvalue weighted by Crippen LogP contribution is 1.92. The van der Waals surface area contributed by atoms with E-state index in [2.05, 4.69) is 9.78 Å². The molecule has 11 heavy (non-hydrogen) atoms. The SMILES string of the molecule is NC(CC(=O)OO)C(=O)OO. The van der Waals surface area contributed by atoms with Gasteiger partial charge in [0, 0.05) is 0 Å². The fourth-order valence-corrected chi connectivity index (χ4v) is 0.368. The normalized spacial score (nSPS) is 11.9. The van der Waals surface area contributed by atoms with Crippen molar-refractivity contribution in [2.75, 3.05) is 0 Å². The lowest BCUT2D eigenvalue weighted by Gasteiger charge is -2.03. The molecule has 4 N–H and O–H groups in total. The van der Waals surface area contributed by atoms with E-state index in [-0.39, 0.29) is 0 Å². The van der Waals surface area contributed by atoms with Crippen LogP contribution in [0, 0.1) is 0 Å². The van der Waals surface area contributed by atoms with Crippen LogP contribution < -0.4 is 5.73 Å². The number of carbonyl (C=O) groups excluding carboxylic acids is 2. The average molecular weight is 165 g/mol. The molecule has 7 heteroatoms. The van der Waals surface area contributed by atoms with Gasteiger partial charge >= 0.3 is 11.9 Å². The smallest absolute Gasteiger partial charge is 0.318 e. The van der Waals surface area contributed by atoms with Crippen LogP contribution in [0.5, 0.6) is 0 Å². The lowest BCUT2D eigenvalue weighted by molar-refractivity contribution is -0.242. The van der Waals surface area contributed by atoms with Crippen LogP contribution in [0.25, 0.3) is 0 Å². The van der Waals surface area contributed by atoms with Crippen LogP contribution in [-0.2, 0) is 19.4 Å². The summed E-state index contributed by atoms with van der Waals surface area (Å²) in [6.45, 7) is 0. The van der Waals surface area contributed by atoms with Gasteiger partial charge in [0.15, 0.2) is 0 Å². The molecule has 0 rings (SSSR count). The van der Waals surface area contributed by atoms with Gasteiger partial charge in [-0.15, -0.1) is 0 Å². The van der Waals surface area contributed by atoms with E-state index in [9.17, 15) is 9.59 Å². The van der Waals surface area contributed by atoms with Gasteiger partial charge in [0.05, 0.1) is 6.42 Å². The van der Waals surface area contributed by atoms with E-state index < -0.39 is 24.4 Å². The van der Waals surface area contributed by atoms with E-state index in [1.54, 1.807) is 0 Å². The molecule has 1 unspecified atom stereocenters. The molecule has 0 aliphatic heterocycles. The van der Waals surface area contributed by atoms with Crippen LogP contribution in [0.3, 0.4) is 0 Å². The fraction of sp³-hybridized carbons (Fsp3) is 0.500. The molecule has 0 aliphatic carbocycles. The van der Waals surface area contributed by atoms with Gasteiger partial charge in [0.1, 0.15) is 6.04 Å². The molecule has 0 saturated heterocycles. The first kappa shape index (κ1) is 9.82. The second kappa shape index (κ2) is 4.61. The molecule has 1 atom stereocenters. The Kier molecular flexibility index (Phi) is 4.11. The van der Waals surface area contributed by atoms with Crippen LogP contribution in [0.4, 0.5) is 0 Å². The summed E-state index contributed by atoms with van der Waals surface area (Å²) >= 11 is 0. The van der Waals surface area contributed by atoms with Gasteiger partial charge in [-0.3, -0.25) is 4.89 Å². The van der Waals surface area contributed by atoms with E-state index >= 15 is 0 Å². The Bertz CT molecular complexity index is 157. The van der Waals surface area contributed by atoms with E-state index in [1.165, 1.54) is 0 Å². The van der Waals surface area contributed by atoms with Crippen LogP contribution in [0.1, 0.15) is 6.42 Å². The van der Waals surface area contributed by atoms with Gasteiger partial charge in [-0.2, -0.15) is 10.5 Å². The molecule has 0 spiro atoms. The van der Waals surface area contributed by atoms with E-state index in [1.807, 2.05) is 0 Å².